The predicted octanol–water partition coefficient (Wildman–Crippen LogP) is 3.72. The van der Waals surface area contributed by atoms with E-state index in [9.17, 15) is 4.57 Å². The Bertz CT molecular complexity index is 511. The summed E-state index contributed by atoms with van der Waals surface area (Å²) in [4.78, 5) is 0. The molecule has 0 fully saturated rings. The van der Waals surface area contributed by atoms with E-state index in [2.05, 4.69) is 0 Å². The van der Waals surface area contributed by atoms with Crippen molar-refractivity contribution in [3.8, 4) is 11.5 Å². The molecule has 0 aliphatic heterocycles. The molecule has 0 bridgehead atoms. The van der Waals surface area contributed by atoms with Crippen LogP contribution in [0.4, 0.5) is 0 Å². The van der Waals surface area contributed by atoms with Gasteiger partial charge < -0.3 is 14.2 Å². The fourth-order valence-corrected chi connectivity index (χ4v) is 3.29. The minimum atomic E-state index is -3.34. The Hall–Kier alpha value is -1.77. The first-order chi connectivity index (χ1) is 9.72. The summed E-state index contributed by atoms with van der Waals surface area (Å²) in [6, 6.07) is 17.8. The molecule has 4 nitrogen and oxygen atoms in total. The van der Waals surface area contributed by atoms with Crippen LogP contribution in [0.2, 0.25) is 0 Å². The van der Waals surface area contributed by atoms with Gasteiger partial charge in [-0.1, -0.05) is 36.4 Å². The molecule has 106 valence electrons. The Morgan fingerprint density at radius 2 is 1.30 bits per heavy atom. The van der Waals surface area contributed by atoms with E-state index < -0.39 is 7.60 Å². The van der Waals surface area contributed by atoms with Gasteiger partial charge in [0.05, 0.1) is 6.16 Å². The third-order valence-electron chi connectivity index (χ3n) is 2.57. The van der Waals surface area contributed by atoms with Crippen LogP contribution < -0.4 is 9.05 Å². The Morgan fingerprint density at radius 3 is 1.70 bits per heavy atom. The largest absolute Gasteiger partial charge is 0.430 e. The zero-order chi connectivity index (χ0) is 14.3. The zero-order valence-corrected chi connectivity index (χ0v) is 11.9. The lowest BCUT2D eigenvalue weighted by atomic mass is 10.3. The minimum absolute atomic E-state index is 0.0553. The fraction of sp³-hybridized carbons (Fsp3) is 0.200. The maximum absolute atomic E-state index is 12.8. The van der Waals surface area contributed by atoms with Crippen molar-refractivity contribution >= 4 is 7.60 Å². The van der Waals surface area contributed by atoms with Gasteiger partial charge in [-0.2, -0.15) is 0 Å². The van der Waals surface area contributed by atoms with Crippen LogP contribution in [-0.2, 0) is 4.57 Å². The molecule has 0 atom stereocenters. The minimum Gasteiger partial charge on any atom is -0.416 e. The molecule has 2 rings (SSSR count). The highest BCUT2D eigenvalue weighted by Gasteiger charge is 2.27. The highest BCUT2D eigenvalue weighted by molar-refractivity contribution is 7.54. The summed E-state index contributed by atoms with van der Waals surface area (Å²) in [6.07, 6.45) is 0.518. The van der Waals surface area contributed by atoms with Crippen LogP contribution in [0, 0.1) is 0 Å². The average molecular weight is 292 g/mol. The summed E-state index contributed by atoms with van der Waals surface area (Å²) in [5, 5.41) is 8.93. The standard InChI is InChI=1S/C15H17O4P/c16-12-7-13-20(17,18-14-8-3-1-4-9-14)19-15-10-5-2-6-11-15/h1-6,8-11,16H,7,12-13H2. The summed E-state index contributed by atoms with van der Waals surface area (Å²) in [5.74, 6) is 0.981. The SMILES string of the molecule is O=P(CCCO)(Oc1ccccc1)Oc1ccccc1. The lowest BCUT2D eigenvalue weighted by Gasteiger charge is -2.19. The normalized spacial score (nSPS) is 11.1. The Labute approximate surface area is 118 Å². The van der Waals surface area contributed by atoms with Crippen molar-refractivity contribution in [1.29, 1.82) is 0 Å². The lowest BCUT2D eigenvalue weighted by Crippen LogP contribution is -2.06. The van der Waals surface area contributed by atoms with Crippen LogP contribution in [0.3, 0.4) is 0 Å². The van der Waals surface area contributed by atoms with E-state index in [4.69, 9.17) is 14.2 Å². The third-order valence-corrected chi connectivity index (χ3v) is 4.41. The highest BCUT2D eigenvalue weighted by Crippen LogP contribution is 2.48. The monoisotopic (exact) mass is 292 g/mol. The molecule has 0 aliphatic carbocycles. The van der Waals surface area contributed by atoms with Gasteiger partial charge in [-0.3, -0.25) is 0 Å². The van der Waals surface area contributed by atoms with Gasteiger partial charge in [-0.25, -0.2) is 4.57 Å². The molecule has 0 heterocycles. The number of rotatable bonds is 7. The van der Waals surface area contributed by atoms with Gasteiger partial charge in [0.1, 0.15) is 11.5 Å². The first-order valence-electron chi connectivity index (χ1n) is 6.41. The van der Waals surface area contributed by atoms with E-state index in [0.29, 0.717) is 17.9 Å². The second-order valence-electron chi connectivity index (χ2n) is 4.22. The number of aliphatic hydroxyl groups excluding tert-OH is 1. The van der Waals surface area contributed by atoms with Crippen LogP contribution in [-0.4, -0.2) is 17.9 Å². The van der Waals surface area contributed by atoms with E-state index in [1.807, 2.05) is 12.1 Å². The van der Waals surface area contributed by atoms with Gasteiger partial charge in [0, 0.05) is 6.61 Å². The number of hydrogen-bond donors (Lipinski definition) is 1. The molecular formula is C15H17O4P. The molecule has 0 radical (unpaired) electrons. The number of benzene rings is 2. The molecule has 0 aliphatic rings. The van der Waals surface area contributed by atoms with E-state index in [-0.39, 0.29) is 12.8 Å². The van der Waals surface area contributed by atoms with Crippen LogP contribution in [0.5, 0.6) is 11.5 Å². The topological polar surface area (TPSA) is 55.8 Å². The van der Waals surface area contributed by atoms with Gasteiger partial charge in [0.2, 0.25) is 0 Å². The summed E-state index contributed by atoms with van der Waals surface area (Å²) < 4.78 is 23.8. The maximum Gasteiger partial charge on any atom is 0.430 e. The third kappa shape index (κ3) is 4.41. The molecule has 5 heteroatoms. The van der Waals surface area contributed by atoms with Gasteiger partial charge in [-0.05, 0) is 30.7 Å². The number of hydrogen-bond acceptors (Lipinski definition) is 4. The molecule has 2 aromatic rings. The van der Waals surface area contributed by atoms with E-state index in [0.717, 1.165) is 0 Å². The summed E-state index contributed by atoms with van der Waals surface area (Å²) in [6.45, 7) is -0.0553. The van der Waals surface area contributed by atoms with E-state index in [1.54, 1.807) is 48.5 Å². The molecule has 0 saturated carbocycles. The Morgan fingerprint density at radius 1 is 0.850 bits per heavy atom. The molecule has 0 saturated heterocycles. The molecule has 1 N–H and O–H groups in total. The van der Waals surface area contributed by atoms with E-state index >= 15 is 0 Å². The number of para-hydroxylation sites is 2. The van der Waals surface area contributed by atoms with Crippen LogP contribution in [0.15, 0.2) is 60.7 Å². The second kappa shape index (κ2) is 7.13. The summed E-state index contributed by atoms with van der Waals surface area (Å²) in [7, 11) is -3.34. The number of aliphatic hydroxyl groups is 1. The summed E-state index contributed by atoms with van der Waals surface area (Å²) >= 11 is 0. The lowest BCUT2D eigenvalue weighted by molar-refractivity contribution is 0.290. The van der Waals surface area contributed by atoms with Crippen molar-refractivity contribution in [3.63, 3.8) is 0 Å². The highest BCUT2D eigenvalue weighted by atomic mass is 31.2. The van der Waals surface area contributed by atoms with Crippen molar-refractivity contribution in [3.05, 3.63) is 60.7 Å². The quantitative estimate of drug-likeness (QED) is 0.790. The molecule has 20 heavy (non-hydrogen) atoms. The Kier molecular flexibility index (Phi) is 5.22. The predicted molar refractivity (Wildman–Crippen MR) is 78.3 cm³/mol. The zero-order valence-electron chi connectivity index (χ0n) is 11.0. The molecule has 2 aromatic carbocycles. The molecular weight excluding hydrogens is 275 g/mol. The van der Waals surface area contributed by atoms with Crippen molar-refractivity contribution in [1.82, 2.24) is 0 Å². The summed E-state index contributed by atoms with van der Waals surface area (Å²) in [5.41, 5.74) is 0. The van der Waals surface area contributed by atoms with E-state index in [1.165, 1.54) is 0 Å². The smallest absolute Gasteiger partial charge is 0.416 e. The van der Waals surface area contributed by atoms with Crippen molar-refractivity contribution in [2.24, 2.45) is 0 Å². The first-order valence-corrected chi connectivity index (χ1v) is 8.14. The first kappa shape index (κ1) is 14.6. The average Bonchev–Trinajstić information content (AvgIpc) is 2.47. The van der Waals surface area contributed by atoms with Crippen molar-refractivity contribution < 1.29 is 18.7 Å². The maximum atomic E-state index is 12.8. The van der Waals surface area contributed by atoms with Crippen LogP contribution in [0.1, 0.15) is 6.42 Å². The Balaban J connectivity index is 2.15. The fourth-order valence-electron chi connectivity index (χ4n) is 1.66. The van der Waals surface area contributed by atoms with Gasteiger partial charge >= 0.3 is 7.60 Å². The van der Waals surface area contributed by atoms with Crippen molar-refractivity contribution in [2.75, 3.05) is 12.8 Å². The van der Waals surface area contributed by atoms with Gasteiger partial charge in [0.25, 0.3) is 0 Å². The van der Waals surface area contributed by atoms with Gasteiger partial charge in [-0.15, -0.1) is 0 Å². The van der Waals surface area contributed by atoms with Crippen LogP contribution in [0.25, 0.3) is 0 Å². The van der Waals surface area contributed by atoms with Gasteiger partial charge in [0.15, 0.2) is 0 Å². The molecule has 0 unspecified atom stereocenters. The molecule has 0 amide bonds. The molecule has 0 spiro atoms. The van der Waals surface area contributed by atoms with Crippen molar-refractivity contribution in [2.45, 2.75) is 6.42 Å². The second-order valence-corrected chi connectivity index (χ2v) is 6.25. The molecule has 0 aromatic heterocycles. The van der Waals surface area contributed by atoms with Crippen LogP contribution >= 0.6 is 7.60 Å².